The second kappa shape index (κ2) is 4.83. The highest BCUT2D eigenvalue weighted by atomic mass is 127. The summed E-state index contributed by atoms with van der Waals surface area (Å²) in [5.74, 6) is 0.225. The molecule has 0 aliphatic rings. The Balaban J connectivity index is 3.27. The molecule has 0 unspecified atom stereocenters. The molecule has 3 nitrogen and oxygen atoms in total. The van der Waals surface area contributed by atoms with Crippen LogP contribution in [0.15, 0.2) is 6.07 Å². The minimum Gasteiger partial charge on any atom is -0.481 e. The molecular weight excluding hydrogens is 307 g/mol. The molecule has 0 radical (unpaired) electrons. The van der Waals surface area contributed by atoms with Gasteiger partial charge in [0.15, 0.2) is 0 Å². The number of halogens is 3. The van der Waals surface area contributed by atoms with Crippen molar-refractivity contribution in [3.63, 3.8) is 0 Å². The zero-order valence-electron chi connectivity index (χ0n) is 7.30. The van der Waals surface area contributed by atoms with E-state index in [-0.39, 0.29) is 17.1 Å². The van der Waals surface area contributed by atoms with E-state index in [1.54, 1.807) is 22.6 Å². The number of methoxy groups -OCH3 is 1. The minimum atomic E-state index is -2.64. The van der Waals surface area contributed by atoms with Crippen LogP contribution in [-0.4, -0.2) is 17.2 Å². The predicted molar refractivity (Wildman–Crippen MR) is 54.4 cm³/mol. The van der Waals surface area contributed by atoms with Crippen molar-refractivity contribution in [1.82, 2.24) is 4.98 Å². The van der Waals surface area contributed by atoms with Gasteiger partial charge in [0.05, 0.1) is 25.0 Å². The molecule has 1 N–H and O–H groups in total. The van der Waals surface area contributed by atoms with Gasteiger partial charge in [0, 0.05) is 9.64 Å². The summed E-state index contributed by atoms with van der Waals surface area (Å²) in [5, 5.41) is 8.86. The van der Waals surface area contributed by atoms with Crippen LogP contribution in [0, 0.1) is 3.57 Å². The third kappa shape index (κ3) is 2.30. The van der Waals surface area contributed by atoms with E-state index in [2.05, 4.69) is 4.98 Å². The first-order valence-corrected chi connectivity index (χ1v) is 4.80. The predicted octanol–water partition coefficient (Wildman–Crippen LogP) is 2.12. The molecule has 1 aromatic rings. The van der Waals surface area contributed by atoms with E-state index >= 15 is 0 Å². The number of ether oxygens (including phenoxy) is 1. The normalized spacial score (nSPS) is 10.7. The van der Waals surface area contributed by atoms with Crippen molar-refractivity contribution in [3.8, 4) is 5.88 Å². The monoisotopic (exact) mass is 315 g/mol. The van der Waals surface area contributed by atoms with E-state index in [0.29, 0.717) is 3.57 Å². The molecule has 1 heterocycles. The maximum atomic E-state index is 12.5. The minimum absolute atomic E-state index is 0.0382. The van der Waals surface area contributed by atoms with Crippen molar-refractivity contribution in [1.29, 1.82) is 0 Å². The van der Waals surface area contributed by atoms with Gasteiger partial charge < -0.3 is 9.84 Å². The first-order chi connectivity index (χ1) is 6.60. The van der Waals surface area contributed by atoms with Crippen LogP contribution in [0.2, 0.25) is 0 Å². The van der Waals surface area contributed by atoms with Gasteiger partial charge in [-0.2, -0.15) is 0 Å². The molecule has 0 aliphatic heterocycles. The molecule has 0 fully saturated rings. The fraction of sp³-hybridized carbons (Fsp3) is 0.375. The van der Waals surface area contributed by atoms with Crippen molar-refractivity contribution in [2.45, 2.75) is 13.0 Å². The molecule has 0 aliphatic carbocycles. The van der Waals surface area contributed by atoms with E-state index < -0.39 is 13.0 Å². The summed E-state index contributed by atoms with van der Waals surface area (Å²) in [4.78, 5) is 3.73. The van der Waals surface area contributed by atoms with Crippen molar-refractivity contribution >= 4 is 22.6 Å². The summed E-state index contributed by atoms with van der Waals surface area (Å²) in [6.07, 6.45) is -2.64. The maximum Gasteiger partial charge on any atom is 0.266 e. The summed E-state index contributed by atoms with van der Waals surface area (Å²) >= 11 is 1.76. The fourth-order valence-corrected chi connectivity index (χ4v) is 1.82. The molecular formula is C8H8F2INO2. The van der Waals surface area contributed by atoms with Gasteiger partial charge in [-0.15, -0.1) is 0 Å². The average Bonchev–Trinajstić information content (AvgIpc) is 2.15. The number of hydrogen-bond donors (Lipinski definition) is 1. The Labute approximate surface area is 93.2 Å². The smallest absolute Gasteiger partial charge is 0.266 e. The van der Waals surface area contributed by atoms with Gasteiger partial charge >= 0.3 is 0 Å². The third-order valence-electron chi connectivity index (χ3n) is 1.64. The quantitative estimate of drug-likeness (QED) is 0.869. The number of rotatable bonds is 3. The number of pyridine rings is 1. The Morgan fingerprint density at radius 2 is 2.29 bits per heavy atom. The highest BCUT2D eigenvalue weighted by Crippen LogP contribution is 2.29. The molecule has 0 bridgehead atoms. The van der Waals surface area contributed by atoms with Crippen molar-refractivity contribution < 1.29 is 18.6 Å². The van der Waals surface area contributed by atoms with Crippen molar-refractivity contribution in [2.75, 3.05) is 7.11 Å². The van der Waals surface area contributed by atoms with Crippen molar-refractivity contribution in [3.05, 3.63) is 20.9 Å². The Morgan fingerprint density at radius 3 is 2.71 bits per heavy atom. The summed E-state index contributed by atoms with van der Waals surface area (Å²) in [6, 6.07) is 1.40. The number of hydrogen-bond acceptors (Lipinski definition) is 3. The third-order valence-corrected chi connectivity index (χ3v) is 2.53. The van der Waals surface area contributed by atoms with Crippen LogP contribution in [0.25, 0.3) is 0 Å². The molecule has 0 saturated heterocycles. The van der Waals surface area contributed by atoms with Crippen LogP contribution >= 0.6 is 22.6 Å². The molecule has 0 atom stereocenters. The number of nitrogens with zero attached hydrogens (tertiary/aromatic N) is 1. The zero-order chi connectivity index (χ0) is 10.7. The zero-order valence-corrected chi connectivity index (χ0v) is 9.46. The van der Waals surface area contributed by atoms with Crippen LogP contribution in [0.3, 0.4) is 0 Å². The van der Waals surface area contributed by atoms with Gasteiger partial charge in [0.2, 0.25) is 5.88 Å². The van der Waals surface area contributed by atoms with Gasteiger partial charge in [-0.25, -0.2) is 13.8 Å². The molecule has 14 heavy (non-hydrogen) atoms. The van der Waals surface area contributed by atoms with Crippen LogP contribution < -0.4 is 4.74 Å². The molecule has 0 spiro atoms. The number of aromatic nitrogens is 1. The molecule has 1 aromatic heterocycles. The topological polar surface area (TPSA) is 42.4 Å². The largest absolute Gasteiger partial charge is 0.481 e. The Bertz CT molecular complexity index is 333. The lowest BCUT2D eigenvalue weighted by Gasteiger charge is -2.09. The Kier molecular flexibility index (Phi) is 3.99. The summed E-state index contributed by atoms with van der Waals surface area (Å²) in [5.41, 5.74) is -0.266. The van der Waals surface area contributed by atoms with E-state index in [4.69, 9.17) is 9.84 Å². The maximum absolute atomic E-state index is 12.5. The Morgan fingerprint density at radius 1 is 1.64 bits per heavy atom. The average molecular weight is 315 g/mol. The second-order valence-electron chi connectivity index (χ2n) is 2.47. The molecule has 78 valence electrons. The molecule has 1 rings (SSSR count). The molecule has 0 aromatic carbocycles. The summed E-state index contributed by atoms with van der Waals surface area (Å²) in [7, 11) is 1.39. The lowest BCUT2D eigenvalue weighted by atomic mass is 10.2. The Hall–Kier alpha value is -0.500. The fourth-order valence-electron chi connectivity index (χ4n) is 1.00. The van der Waals surface area contributed by atoms with Gasteiger partial charge in [0.1, 0.15) is 0 Å². The van der Waals surface area contributed by atoms with Crippen LogP contribution in [0.5, 0.6) is 5.88 Å². The van der Waals surface area contributed by atoms with Gasteiger partial charge in [-0.3, -0.25) is 0 Å². The first-order valence-electron chi connectivity index (χ1n) is 3.72. The number of aliphatic hydroxyl groups is 1. The highest BCUT2D eigenvalue weighted by molar-refractivity contribution is 14.1. The first kappa shape index (κ1) is 11.6. The lowest BCUT2D eigenvalue weighted by Crippen LogP contribution is -2.03. The van der Waals surface area contributed by atoms with E-state index in [1.807, 2.05) is 0 Å². The lowest BCUT2D eigenvalue weighted by molar-refractivity contribution is 0.144. The van der Waals surface area contributed by atoms with E-state index in [1.165, 1.54) is 13.2 Å². The van der Waals surface area contributed by atoms with Gasteiger partial charge in [0.25, 0.3) is 6.43 Å². The van der Waals surface area contributed by atoms with Crippen LogP contribution in [-0.2, 0) is 6.61 Å². The summed E-state index contributed by atoms with van der Waals surface area (Å²) in [6.45, 7) is -0.521. The van der Waals surface area contributed by atoms with E-state index in [9.17, 15) is 8.78 Å². The molecule has 0 amide bonds. The van der Waals surface area contributed by atoms with Crippen LogP contribution in [0.4, 0.5) is 8.78 Å². The molecule has 6 heteroatoms. The highest BCUT2D eigenvalue weighted by Gasteiger charge is 2.19. The van der Waals surface area contributed by atoms with E-state index in [0.717, 1.165) is 0 Å². The molecule has 0 saturated carbocycles. The number of aliphatic hydroxyl groups excluding tert-OH is 1. The number of alkyl halides is 2. The van der Waals surface area contributed by atoms with Gasteiger partial charge in [-0.05, 0) is 22.6 Å². The standard InChI is InChI=1S/C8H8F2INO2/c1-14-6-2-4(11)7(8(9)10)5(3-13)12-6/h2,8,13H,3H2,1H3. The summed E-state index contributed by atoms with van der Waals surface area (Å²) < 4.78 is 30.2. The van der Waals surface area contributed by atoms with Gasteiger partial charge in [-0.1, -0.05) is 0 Å². The van der Waals surface area contributed by atoms with Crippen molar-refractivity contribution in [2.24, 2.45) is 0 Å². The van der Waals surface area contributed by atoms with Crippen LogP contribution in [0.1, 0.15) is 17.7 Å². The second-order valence-corrected chi connectivity index (χ2v) is 3.63. The SMILES string of the molecule is COc1cc(I)c(C(F)F)c(CO)n1.